The van der Waals surface area contributed by atoms with Gasteiger partial charge in [0.05, 0.1) is 0 Å². The predicted molar refractivity (Wildman–Crippen MR) is 77.7 cm³/mol. The Bertz CT molecular complexity index is 546. The number of fused-ring (bicyclic) bond motifs is 1. The lowest BCUT2D eigenvalue weighted by Crippen LogP contribution is -2.43. The summed E-state index contributed by atoms with van der Waals surface area (Å²) in [7, 11) is 0. The average Bonchev–Trinajstić information content (AvgIpc) is 2.53. The van der Waals surface area contributed by atoms with Gasteiger partial charge >= 0.3 is 0 Å². The maximum absolute atomic E-state index is 9.85. The molecular weight excluding hydrogens is 248 g/mol. The fourth-order valence-corrected chi connectivity index (χ4v) is 4.39. The zero-order valence-corrected chi connectivity index (χ0v) is 11.2. The van der Waals surface area contributed by atoms with Crippen molar-refractivity contribution in [1.29, 1.82) is 0 Å². The third-order valence-electron chi connectivity index (χ3n) is 5.16. The third-order valence-corrected chi connectivity index (χ3v) is 5.16. The van der Waals surface area contributed by atoms with Gasteiger partial charge in [0.25, 0.3) is 0 Å². The molecule has 2 aromatic rings. The lowest BCUT2D eigenvalue weighted by atomic mass is 9.54. The molecule has 102 valence electrons. The minimum Gasteiger partial charge on any atom is -0.396 e. The van der Waals surface area contributed by atoms with Gasteiger partial charge in [-0.2, -0.15) is 0 Å². The van der Waals surface area contributed by atoms with E-state index in [4.69, 9.17) is 0 Å². The van der Waals surface area contributed by atoms with E-state index in [1.165, 1.54) is 22.3 Å². The van der Waals surface area contributed by atoms with Crippen LogP contribution >= 0.6 is 0 Å². The number of aliphatic hydroxyl groups excluding tert-OH is 2. The first kappa shape index (κ1) is 12.1. The van der Waals surface area contributed by atoms with Crippen LogP contribution in [0.15, 0.2) is 48.5 Å². The monoisotopic (exact) mass is 266 g/mol. The molecule has 5 rings (SSSR count). The first-order valence-electron chi connectivity index (χ1n) is 7.26. The van der Waals surface area contributed by atoms with Gasteiger partial charge in [0, 0.05) is 25.0 Å². The molecule has 0 aromatic heterocycles. The van der Waals surface area contributed by atoms with Crippen molar-refractivity contribution in [3.63, 3.8) is 0 Å². The Hall–Kier alpha value is -1.64. The van der Waals surface area contributed by atoms with Gasteiger partial charge in [0.15, 0.2) is 0 Å². The van der Waals surface area contributed by atoms with Gasteiger partial charge in [0.1, 0.15) is 0 Å². The van der Waals surface area contributed by atoms with Gasteiger partial charge in [-0.15, -0.1) is 0 Å². The van der Waals surface area contributed by atoms with Crippen LogP contribution in [0.4, 0.5) is 0 Å². The molecule has 2 nitrogen and oxygen atoms in total. The average molecular weight is 266 g/mol. The summed E-state index contributed by atoms with van der Waals surface area (Å²) in [6.07, 6.45) is 0. The number of benzene rings is 2. The van der Waals surface area contributed by atoms with E-state index in [9.17, 15) is 10.2 Å². The minimum atomic E-state index is 0.120. The van der Waals surface area contributed by atoms with E-state index in [1.807, 2.05) is 0 Å². The van der Waals surface area contributed by atoms with Crippen LogP contribution in [-0.2, 0) is 0 Å². The molecule has 0 amide bonds. The summed E-state index contributed by atoms with van der Waals surface area (Å²) < 4.78 is 0. The summed E-state index contributed by atoms with van der Waals surface area (Å²) in [5.74, 6) is 0.675. The molecule has 1 unspecified atom stereocenters. The van der Waals surface area contributed by atoms with E-state index in [0.29, 0.717) is 0 Å². The Labute approximate surface area is 118 Å². The normalized spacial score (nSPS) is 29.9. The number of rotatable bonds is 2. The quantitative estimate of drug-likeness (QED) is 0.876. The Morgan fingerprint density at radius 1 is 0.600 bits per heavy atom. The highest BCUT2D eigenvalue weighted by molar-refractivity contribution is 5.56. The van der Waals surface area contributed by atoms with Crippen LogP contribution in [0.25, 0.3) is 0 Å². The van der Waals surface area contributed by atoms with Gasteiger partial charge in [-0.3, -0.25) is 0 Å². The van der Waals surface area contributed by atoms with E-state index in [-0.39, 0.29) is 36.9 Å². The van der Waals surface area contributed by atoms with Crippen molar-refractivity contribution in [2.45, 2.75) is 11.8 Å². The molecule has 3 aliphatic carbocycles. The molecule has 0 saturated carbocycles. The standard InChI is InChI=1S/C18H18O2/c19-9-15-16(10-20)18-12-6-2-1-5-11(12)17(15)13-7-3-4-8-14(13)18/h1-8,15-20H,9-10H2/t15-,16?,17?,18?/m0/s1. The van der Waals surface area contributed by atoms with Crippen molar-refractivity contribution in [3.05, 3.63) is 70.8 Å². The van der Waals surface area contributed by atoms with Gasteiger partial charge in [-0.1, -0.05) is 48.5 Å². The minimum absolute atomic E-state index is 0.120. The zero-order chi connectivity index (χ0) is 13.7. The summed E-state index contributed by atoms with van der Waals surface area (Å²) in [5.41, 5.74) is 5.33. The SMILES string of the molecule is OCC1C2c3ccccc3C(c3ccccc32)[C@H]1CO. The van der Waals surface area contributed by atoms with Gasteiger partial charge in [0.2, 0.25) is 0 Å². The van der Waals surface area contributed by atoms with Crippen LogP contribution < -0.4 is 0 Å². The lowest BCUT2D eigenvalue weighted by molar-refractivity contribution is 0.0809. The molecule has 0 heterocycles. The number of hydrogen-bond donors (Lipinski definition) is 2. The smallest absolute Gasteiger partial charge is 0.0472 e. The largest absolute Gasteiger partial charge is 0.396 e. The molecule has 2 N–H and O–H groups in total. The molecule has 3 aliphatic rings. The van der Waals surface area contributed by atoms with E-state index < -0.39 is 0 Å². The van der Waals surface area contributed by atoms with Crippen LogP contribution in [0.3, 0.4) is 0 Å². The second-order valence-electron chi connectivity index (χ2n) is 5.91. The topological polar surface area (TPSA) is 40.5 Å². The first-order valence-corrected chi connectivity index (χ1v) is 7.26. The summed E-state index contributed by atoms with van der Waals surface area (Å²) in [4.78, 5) is 0. The Morgan fingerprint density at radius 3 is 1.15 bits per heavy atom. The van der Waals surface area contributed by atoms with E-state index in [0.717, 1.165) is 0 Å². The fourth-order valence-electron chi connectivity index (χ4n) is 4.39. The summed E-state index contributed by atoms with van der Waals surface area (Å²) in [6, 6.07) is 17.0. The molecular formula is C18H18O2. The second kappa shape index (κ2) is 4.44. The molecule has 2 bridgehead atoms. The van der Waals surface area contributed by atoms with Gasteiger partial charge in [-0.05, 0) is 34.1 Å². The van der Waals surface area contributed by atoms with Crippen LogP contribution in [0.2, 0.25) is 0 Å². The lowest BCUT2D eigenvalue weighted by Gasteiger charge is -2.49. The molecule has 0 radical (unpaired) electrons. The molecule has 0 fully saturated rings. The predicted octanol–water partition coefficient (Wildman–Crippen LogP) is 2.49. The molecule has 0 spiro atoms. The van der Waals surface area contributed by atoms with Crippen molar-refractivity contribution < 1.29 is 10.2 Å². The Kier molecular flexibility index (Phi) is 2.69. The maximum atomic E-state index is 9.85. The summed E-state index contributed by atoms with van der Waals surface area (Å²) in [5, 5.41) is 19.7. The fraction of sp³-hybridized carbons (Fsp3) is 0.333. The molecule has 0 saturated heterocycles. The van der Waals surface area contributed by atoms with Crippen LogP contribution in [0, 0.1) is 11.8 Å². The zero-order valence-electron chi connectivity index (χ0n) is 11.2. The van der Waals surface area contributed by atoms with Crippen molar-refractivity contribution in [2.24, 2.45) is 11.8 Å². The highest BCUT2D eigenvalue weighted by atomic mass is 16.3. The number of aliphatic hydroxyl groups is 2. The van der Waals surface area contributed by atoms with Crippen LogP contribution in [0.1, 0.15) is 34.1 Å². The molecule has 20 heavy (non-hydrogen) atoms. The van der Waals surface area contributed by atoms with Gasteiger partial charge in [-0.25, -0.2) is 0 Å². The van der Waals surface area contributed by atoms with Gasteiger partial charge < -0.3 is 10.2 Å². The first-order chi connectivity index (χ1) is 9.86. The molecule has 2 atom stereocenters. The highest BCUT2D eigenvalue weighted by Gasteiger charge is 2.48. The van der Waals surface area contributed by atoms with Crippen LogP contribution in [-0.4, -0.2) is 23.4 Å². The molecule has 0 aliphatic heterocycles. The van der Waals surface area contributed by atoms with E-state index in [1.54, 1.807) is 0 Å². The summed E-state index contributed by atoms with van der Waals surface area (Å²) in [6.45, 7) is 0.268. The van der Waals surface area contributed by atoms with Crippen molar-refractivity contribution in [3.8, 4) is 0 Å². The van der Waals surface area contributed by atoms with Crippen LogP contribution in [0.5, 0.6) is 0 Å². The van der Waals surface area contributed by atoms with Crippen molar-refractivity contribution in [1.82, 2.24) is 0 Å². The highest BCUT2D eigenvalue weighted by Crippen LogP contribution is 2.57. The van der Waals surface area contributed by atoms with Crippen molar-refractivity contribution >= 4 is 0 Å². The summed E-state index contributed by atoms with van der Waals surface area (Å²) >= 11 is 0. The van der Waals surface area contributed by atoms with E-state index in [2.05, 4.69) is 48.5 Å². The van der Waals surface area contributed by atoms with E-state index >= 15 is 0 Å². The Balaban J connectivity index is 2.01. The van der Waals surface area contributed by atoms with Crippen molar-refractivity contribution in [2.75, 3.05) is 13.2 Å². The Morgan fingerprint density at radius 2 is 0.900 bits per heavy atom. The molecule has 2 heteroatoms. The molecule has 2 aromatic carbocycles. The maximum Gasteiger partial charge on any atom is 0.0472 e. The third kappa shape index (κ3) is 1.41. The number of hydrogen-bond acceptors (Lipinski definition) is 2. The second-order valence-corrected chi connectivity index (χ2v) is 5.91.